The van der Waals surface area contributed by atoms with Crippen LogP contribution in [0.25, 0.3) is 0 Å². The summed E-state index contributed by atoms with van der Waals surface area (Å²) < 4.78 is 68.6. The molecule has 0 heterocycles. The average Bonchev–Trinajstić information content (AvgIpc) is 1.32. The topological polar surface area (TPSA) is 237 Å². The van der Waals surface area contributed by atoms with Crippen molar-refractivity contribution in [3.63, 3.8) is 0 Å². The predicted molar refractivity (Wildman–Crippen MR) is 395 cm³/mol. The van der Waals surface area contributed by atoms with Crippen LogP contribution in [0.2, 0.25) is 0 Å². The number of aliphatic hydroxyl groups is 1. The minimum atomic E-state index is -4.96. The van der Waals surface area contributed by atoms with E-state index in [0.29, 0.717) is 25.7 Å². The Labute approximate surface area is 594 Å². The van der Waals surface area contributed by atoms with Gasteiger partial charge < -0.3 is 33.8 Å². The van der Waals surface area contributed by atoms with Crippen LogP contribution in [-0.4, -0.2) is 96.7 Å². The molecule has 0 amide bonds. The predicted octanol–water partition coefficient (Wildman–Crippen LogP) is 23.0. The summed E-state index contributed by atoms with van der Waals surface area (Å²) in [5.74, 6) is 0.325. The average molecular weight is 1420 g/mol. The molecule has 0 aromatic rings. The molecule has 0 radical (unpaired) electrons. The first-order chi connectivity index (χ1) is 46.8. The third-order valence-corrected chi connectivity index (χ3v) is 20.8. The number of carbonyl (C=O) groups excluding carboxylic acids is 4. The number of unbranched alkanes of at least 4 members (excludes halogenated alkanes) is 42. The van der Waals surface area contributed by atoms with Crippen molar-refractivity contribution < 1.29 is 80.2 Å². The molecule has 3 N–H and O–H groups in total. The van der Waals surface area contributed by atoms with E-state index in [1.165, 1.54) is 212 Å². The molecule has 0 saturated carbocycles. The van der Waals surface area contributed by atoms with E-state index in [9.17, 15) is 43.2 Å². The molecule has 576 valence electrons. The Hall–Kier alpha value is -1.94. The third kappa shape index (κ3) is 69.5. The summed E-state index contributed by atoms with van der Waals surface area (Å²) in [6.07, 6.45) is 55.3. The van der Waals surface area contributed by atoms with Crippen LogP contribution in [0.3, 0.4) is 0 Å². The monoisotopic (exact) mass is 1420 g/mol. The molecule has 17 nitrogen and oxygen atoms in total. The normalized spacial score (nSPS) is 14.6. The Balaban J connectivity index is 5.24. The summed E-state index contributed by atoms with van der Waals surface area (Å²) in [4.78, 5) is 72.9. The molecule has 97 heavy (non-hydrogen) atoms. The van der Waals surface area contributed by atoms with E-state index >= 15 is 0 Å². The molecule has 0 aliphatic carbocycles. The molecule has 0 rings (SSSR count). The summed E-state index contributed by atoms with van der Waals surface area (Å²) in [7, 11) is -9.91. The van der Waals surface area contributed by atoms with Gasteiger partial charge in [-0.15, -0.1) is 0 Å². The fraction of sp³-hybridized carbons (Fsp3) is 0.949. The molecule has 0 spiro atoms. The largest absolute Gasteiger partial charge is 0.472 e. The van der Waals surface area contributed by atoms with Crippen molar-refractivity contribution >= 4 is 39.5 Å². The zero-order valence-corrected chi connectivity index (χ0v) is 65.3. The molecule has 0 saturated heterocycles. The molecular weight excluding hydrogens is 1270 g/mol. The molecule has 19 heteroatoms. The van der Waals surface area contributed by atoms with Gasteiger partial charge in [0.2, 0.25) is 0 Å². The lowest BCUT2D eigenvalue weighted by Crippen LogP contribution is -2.30. The Morgan fingerprint density at radius 2 is 0.526 bits per heavy atom. The van der Waals surface area contributed by atoms with Crippen molar-refractivity contribution in [1.29, 1.82) is 0 Å². The van der Waals surface area contributed by atoms with E-state index < -0.39 is 97.5 Å². The SMILES string of the molecule is CCCCCCCCCCCC(=O)OC[C@H](COP(=O)(O)OC[C@H](O)COP(=O)(O)OC[C@@H](COC(=O)CCCCCCCCCCCCCCCC(C)C)OC(=O)CCCCCCCCCCCCCCCCC(C)CC)OC(=O)CCCCCCCCCCCCC(C)CC. The number of phosphoric acid groups is 2. The van der Waals surface area contributed by atoms with Gasteiger partial charge in [0.1, 0.15) is 19.3 Å². The summed E-state index contributed by atoms with van der Waals surface area (Å²) in [6, 6.07) is 0. The number of phosphoric ester groups is 2. The number of ether oxygens (including phenoxy) is 4. The Morgan fingerprint density at radius 3 is 0.784 bits per heavy atom. The summed E-state index contributed by atoms with van der Waals surface area (Å²) in [5.41, 5.74) is 0. The smallest absolute Gasteiger partial charge is 0.462 e. The highest BCUT2D eigenvalue weighted by molar-refractivity contribution is 7.47. The van der Waals surface area contributed by atoms with Crippen LogP contribution in [0.5, 0.6) is 0 Å². The summed E-state index contributed by atoms with van der Waals surface area (Å²) >= 11 is 0. The van der Waals surface area contributed by atoms with Crippen molar-refractivity contribution in [1.82, 2.24) is 0 Å². The highest BCUT2D eigenvalue weighted by Gasteiger charge is 2.30. The second-order valence-corrected chi connectivity index (χ2v) is 32.0. The van der Waals surface area contributed by atoms with Crippen LogP contribution >= 0.6 is 15.6 Å². The van der Waals surface area contributed by atoms with Crippen LogP contribution in [0.15, 0.2) is 0 Å². The molecule has 7 atom stereocenters. The van der Waals surface area contributed by atoms with Crippen LogP contribution < -0.4 is 0 Å². The lowest BCUT2D eigenvalue weighted by atomic mass is 9.99. The van der Waals surface area contributed by atoms with Crippen LogP contribution in [0.1, 0.15) is 402 Å². The first-order valence-electron chi connectivity index (χ1n) is 40.4. The molecule has 0 aliphatic heterocycles. The van der Waals surface area contributed by atoms with E-state index in [1.807, 2.05) is 0 Å². The fourth-order valence-corrected chi connectivity index (χ4v) is 13.5. The molecule has 0 aromatic heterocycles. The van der Waals surface area contributed by atoms with E-state index in [2.05, 4.69) is 48.5 Å². The van der Waals surface area contributed by atoms with Crippen molar-refractivity contribution in [2.24, 2.45) is 17.8 Å². The maximum Gasteiger partial charge on any atom is 0.472 e. The second kappa shape index (κ2) is 68.5. The maximum absolute atomic E-state index is 13.1. The van der Waals surface area contributed by atoms with Crippen molar-refractivity contribution in [2.75, 3.05) is 39.6 Å². The molecule has 0 fully saturated rings. The van der Waals surface area contributed by atoms with Gasteiger partial charge >= 0.3 is 39.5 Å². The lowest BCUT2D eigenvalue weighted by molar-refractivity contribution is -0.161. The zero-order chi connectivity index (χ0) is 71.6. The Kier molecular flexibility index (Phi) is 67.1. The van der Waals surface area contributed by atoms with Gasteiger partial charge in [-0.2, -0.15) is 0 Å². The van der Waals surface area contributed by atoms with Crippen LogP contribution in [0.4, 0.5) is 0 Å². The van der Waals surface area contributed by atoms with Crippen molar-refractivity contribution in [3.05, 3.63) is 0 Å². The second-order valence-electron chi connectivity index (χ2n) is 29.1. The van der Waals surface area contributed by atoms with Gasteiger partial charge in [0, 0.05) is 25.7 Å². The van der Waals surface area contributed by atoms with E-state index in [4.69, 9.17) is 37.0 Å². The van der Waals surface area contributed by atoms with Gasteiger partial charge in [-0.3, -0.25) is 37.3 Å². The third-order valence-electron chi connectivity index (χ3n) is 18.9. The van der Waals surface area contributed by atoms with Gasteiger partial charge in [-0.1, -0.05) is 350 Å². The minimum absolute atomic E-state index is 0.106. The lowest BCUT2D eigenvalue weighted by Gasteiger charge is -2.21. The minimum Gasteiger partial charge on any atom is -0.462 e. The summed E-state index contributed by atoms with van der Waals surface area (Å²) in [5, 5.41) is 10.6. The fourth-order valence-electron chi connectivity index (χ4n) is 11.9. The maximum atomic E-state index is 13.1. The van der Waals surface area contributed by atoms with E-state index in [1.54, 1.807) is 0 Å². The number of carbonyl (C=O) groups is 4. The number of rotatable bonds is 76. The van der Waals surface area contributed by atoms with Crippen LogP contribution in [-0.2, 0) is 65.4 Å². The molecular formula is C78H152O17P2. The first kappa shape index (κ1) is 95.1. The number of hydrogen-bond donors (Lipinski definition) is 3. The van der Waals surface area contributed by atoms with Gasteiger partial charge in [0.15, 0.2) is 12.2 Å². The highest BCUT2D eigenvalue weighted by atomic mass is 31.2. The first-order valence-corrected chi connectivity index (χ1v) is 43.4. The van der Waals surface area contributed by atoms with Crippen molar-refractivity contribution in [3.8, 4) is 0 Å². The molecule has 0 aliphatic rings. The van der Waals surface area contributed by atoms with Gasteiger partial charge in [-0.25, -0.2) is 9.13 Å². The number of esters is 4. The molecule has 0 aromatic carbocycles. The van der Waals surface area contributed by atoms with E-state index in [0.717, 1.165) is 108 Å². The standard InChI is InChI=1S/C78H152O17P2/c1-8-11-12-13-14-28-38-45-52-59-75(80)88-65-73(95-78(83)62-55-48-41-34-27-26-31-37-44-51-58-71(7)10-3)67-92-96(84,85)90-63-72(79)64-91-97(86,87)93-68-74(66-89-76(81)60-53-46-39-32-24-21-17-18-22-29-35-42-49-56-69(4)5)94-77(82)61-54-47-40-33-25-20-16-15-19-23-30-36-43-50-57-70(6)9-2/h69-74,79H,8-68H2,1-7H3,(H,84,85)(H,86,87)/t70?,71?,72-,73+,74+/m0/s1. The van der Waals surface area contributed by atoms with Gasteiger partial charge in [0.25, 0.3) is 0 Å². The van der Waals surface area contributed by atoms with Gasteiger partial charge in [-0.05, 0) is 43.4 Å². The molecule has 4 unspecified atom stereocenters. The van der Waals surface area contributed by atoms with E-state index in [-0.39, 0.29) is 25.7 Å². The number of aliphatic hydroxyl groups excluding tert-OH is 1. The molecule has 0 bridgehead atoms. The zero-order valence-electron chi connectivity index (χ0n) is 63.5. The quantitative estimate of drug-likeness (QED) is 0.0222. The van der Waals surface area contributed by atoms with Crippen LogP contribution in [0, 0.1) is 17.8 Å². The van der Waals surface area contributed by atoms with Crippen molar-refractivity contribution in [2.45, 2.75) is 420 Å². The number of hydrogen-bond acceptors (Lipinski definition) is 15. The summed E-state index contributed by atoms with van der Waals surface area (Å²) in [6.45, 7) is 12.0. The Morgan fingerprint density at radius 1 is 0.299 bits per heavy atom. The van der Waals surface area contributed by atoms with Gasteiger partial charge in [0.05, 0.1) is 26.4 Å². The highest BCUT2D eigenvalue weighted by Crippen LogP contribution is 2.45. The Bertz CT molecular complexity index is 1890.